The van der Waals surface area contributed by atoms with Gasteiger partial charge in [0.25, 0.3) is 0 Å². The van der Waals surface area contributed by atoms with Crippen LogP contribution in [0.1, 0.15) is 39.6 Å². The van der Waals surface area contributed by atoms with Gasteiger partial charge in [0.15, 0.2) is 5.78 Å². The molecule has 0 aromatic heterocycles. The fourth-order valence-electron chi connectivity index (χ4n) is 3.70. The highest BCUT2D eigenvalue weighted by molar-refractivity contribution is 6.10. The molecule has 0 saturated heterocycles. The van der Waals surface area contributed by atoms with Crippen molar-refractivity contribution in [1.29, 1.82) is 0 Å². The van der Waals surface area contributed by atoms with E-state index in [0.29, 0.717) is 17.1 Å². The highest BCUT2D eigenvalue weighted by Crippen LogP contribution is 2.32. The van der Waals surface area contributed by atoms with Crippen molar-refractivity contribution in [2.45, 2.75) is 18.7 Å². The van der Waals surface area contributed by atoms with Crippen LogP contribution in [0.4, 0.5) is 13.2 Å². The van der Waals surface area contributed by atoms with Crippen LogP contribution >= 0.6 is 12.4 Å². The largest absolute Gasteiger partial charge is 0.507 e. The van der Waals surface area contributed by atoms with Gasteiger partial charge in [0, 0.05) is 18.1 Å². The normalized spacial score (nSPS) is 11.3. The molecule has 9 heteroatoms. The molecule has 0 saturated carbocycles. The number of hydrogen-bond acceptors (Lipinski definition) is 5. The number of benzene rings is 4. The molecule has 40 heavy (non-hydrogen) atoms. The lowest BCUT2D eigenvalue weighted by Gasteiger charge is -2.20. The fourth-order valence-corrected chi connectivity index (χ4v) is 3.70. The standard InChI is InChI=1S/C17H18F3NO.C14H12O3.ClH/c1-21-12-11-16(13-5-3-2-4-6-13)22-15-9-7-14(8-10-15)17(18,19)20;1-17-11-7-8-12(13(15)9-11)14(16)10-5-3-2-4-6-10;/h2-10,16,21H,11-12H2,1H3;2-9,15H,1H3;1H. The molecule has 0 bridgehead atoms. The zero-order valence-electron chi connectivity index (χ0n) is 22.0. The van der Waals surface area contributed by atoms with Crippen LogP contribution in [0.2, 0.25) is 0 Å². The van der Waals surface area contributed by atoms with Gasteiger partial charge in [0.1, 0.15) is 23.4 Å². The summed E-state index contributed by atoms with van der Waals surface area (Å²) in [6, 6.07) is 27.9. The van der Waals surface area contributed by atoms with Crippen LogP contribution in [-0.2, 0) is 6.18 Å². The Morgan fingerprint density at radius 3 is 1.98 bits per heavy atom. The summed E-state index contributed by atoms with van der Waals surface area (Å²) in [7, 11) is 3.35. The summed E-state index contributed by atoms with van der Waals surface area (Å²) in [6.07, 6.45) is -3.81. The molecule has 5 nitrogen and oxygen atoms in total. The van der Waals surface area contributed by atoms with E-state index in [1.54, 1.807) is 36.4 Å². The number of halogens is 4. The quantitative estimate of drug-likeness (QED) is 0.203. The smallest absolute Gasteiger partial charge is 0.416 e. The summed E-state index contributed by atoms with van der Waals surface area (Å²) < 4.78 is 48.5. The Hall–Kier alpha value is -4.01. The molecule has 4 aromatic carbocycles. The second-order valence-electron chi connectivity index (χ2n) is 8.51. The maximum atomic E-state index is 12.6. The lowest BCUT2D eigenvalue weighted by atomic mass is 10.0. The van der Waals surface area contributed by atoms with Gasteiger partial charge in [-0.2, -0.15) is 13.2 Å². The first-order chi connectivity index (χ1) is 18.7. The second kappa shape index (κ2) is 15.5. The minimum absolute atomic E-state index is 0. The summed E-state index contributed by atoms with van der Waals surface area (Å²) in [5, 5.41) is 12.8. The van der Waals surface area contributed by atoms with Gasteiger partial charge >= 0.3 is 6.18 Å². The summed E-state index contributed by atoms with van der Waals surface area (Å²) >= 11 is 0. The summed E-state index contributed by atoms with van der Waals surface area (Å²) in [5.74, 6) is 0.675. The molecule has 1 atom stereocenters. The van der Waals surface area contributed by atoms with E-state index in [9.17, 15) is 23.1 Å². The van der Waals surface area contributed by atoms with Gasteiger partial charge in [-0.05, 0) is 55.6 Å². The summed E-state index contributed by atoms with van der Waals surface area (Å²) in [6.45, 7) is 0.750. The minimum atomic E-state index is -4.33. The van der Waals surface area contributed by atoms with Gasteiger partial charge in [-0.25, -0.2) is 0 Å². The predicted molar refractivity (Wildman–Crippen MR) is 152 cm³/mol. The zero-order valence-corrected chi connectivity index (χ0v) is 22.8. The number of phenols is 1. The molecule has 0 fully saturated rings. The molecule has 0 aliphatic rings. The highest BCUT2D eigenvalue weighted by atomic mass is 35.5. The van der Waals surface area contributed by atoms with E-state index in [-0.39, 0.29) is 35.6 Å². The summed E-state index contributed by atoms with van der Waals surface area (Å²) in [5.41, 5.74) is 1.15. The lowest BCUT2D eigenvalue weighted by Crippen LogP contribution is -2.16. The number of ketones is 1. The second-order valence-corrected chi connectivity index (χ2v) is 8.51. The van der Waals surface area contributed by atoms with Crippen molar-refractivity contribution in [3.05, 3.63) is 125 Å². The monoisotopic (exact) mass is 573 g/mol. The van der Waals surface area contributed by atoms with Gasteiger partial charge in [-0.1, -0.05) is 60.7 Å². The Morgan fingerprint density at radius 1 is 0.875 bits per heavy atom. The number of alkyl halides is 3. The molecule has 0 heterocycles. The van der Waals surface area contributed by atoms with Crippen molar-refractivity contribution < 1.29 is 32.5 Å². The van der Waals surface area contributed by atoms with Gasteiger partial charge in [0.05, 0.1) is 18.2 Å². The third-order valence-corrected chi connectivity index (χ3v) is 5.77. The van der Waals surface area contributed by atoms with Crippen molar-refractivity contribution in [2.75, 3.05) is 20.7 Å². The van der Waals surface area contributed by atoms with Crippen molar-refractivity contribution >= 4 is 18.2 Å². The van der Waals surface area contributed by atoms with E-state index in [1.807, 2.05) is 43.4 Å². The van der Waals surface area contributed by atoms with Gasteiger partial charge < -0.3 is 19.9 Å². The number of phenolic OH excluding ortho intramolecular Hbond substituents is 1. The summed E-state index contributed by atoms with van der Waals surface area (Å²) in [4.78, 5) is 12.1. The molecule has 4 rings (SSSR count). The maximum absolute atomic E-state index is 12.6. The molecule has 0 aliphatic heterocycles. The van der Waals surface area contributed by atoms with Crippen molar-refractivity contribution in [3.8, 4) is 17.2 Å². The highest BCUT2D eigenvalue weighted by Gasteiger charge is 2.30. The molecule has 1 unspecified atom stereocenters. The Morgan fingerprint density at radius 2 is 1.45 bits per heavy atom. The maximum Gasteiger partial charge on any atom is 0.416 e. The Labute approximate surface area is 238 Å². The molecular formula is C31H31ClF3NO4. The number of hydrogen-bond donors (Lipinski definition) is 2. The van der Waals surface area contributed by atoms with E-state index in [4.69, 9.17) is 9.47 Å². The SMILES string of the molecule is CNCCC(Oc1ccc(C(F)(F)F)cc1)c1ccccc1.COc1ccc(C(=O)c2ccccc2)c(O)c1.Cl. The lowest BCUT2D eigenvalue weighted by molar-refractivity contribution is -0.137. The number of rotatable bonds is 9. The first kappa shape index (κ1) is 32.2. The third kappa shape index (κ3) is 9.32. The number of nitrogens with one attached hydrogen (secondary N) is 1. The molecular weight excluding hydrogens is 543 g/mol. The minimum Gasteiger partial charge on any atom is -0.507 e. The number of aromatic hydroxyl groups is 1. The first-order valence-electron chi connectivity index (χ1n) is 12.2. The Bertz CT molecular complexity index is 1320. The van der Waals surface area contributed by atoms with Crippen molar-refractivity contribution in [2.24, 2.45) is 0 Å². The molecule has 0 aliphatic carbocycles. The topological polar surface area (TPSA) is 67.8 Å². The van der Waals surface area contributed by atoms with Crippen LogP contribution in [0, 0.1) is 0 Å². The predicted octanol–water partition coefficient (Wildman–Crippen LogP) is 7.49. The van der Waals surface area contributed by atoms with Crippen molar-refractivity contribution in [3.63, 3.8) is 0 Å². The van der Waals surface area contributed by atoms with Gasteiger partial charge in [-0.3, -0.25) is 4.79 Å². The Kier molecular flexibility index (Phi) is 12.5. The number of carbonyl (C=O) groups is 1. The third-order valence-electron chi connectivity index (χ3n) is 5.77. The van der Waals surface area contributed by atoms with Gasteiger partial charge in [0.2, 0.25) is 0 Å². The van der Waals surface area contributed by atoms with Crippen molar-refractivity contribution in [1.82, 2.24) is 5.32 Å². The first-order valence-corrected chi connectivity index (χ1v) is 12.2. The van der Waals surface area contributed by atoms with E-state index in [0.717, 1.165) is 30.7 Å². The number of carbonyl (C=O) groups excluding carboxylic acids is 1. The van der Waals surface area contributed by atoms with E-state index < -0.39 is 11.7 Å². The fraction of sp³-hybridized carbons (Fsp3) is 0.194. The number of ether oxygens (including phenoxy) is 2. The Balaban J connectivity index is 0.000000282. The van der Waals surface area contributed by atoms with E-state index in [2.05, 4.69) is 5.32 Å². The molecule has 0 spiro atoms. The molecule has 0 amide bonds. The molecule has 2 N–H and O–H groups in total. The van der Waals surface area contributed by atoms with Crippen LogP contribution in [-0.4, -0.2) is 31.6 Å². The average molecular weight is 574 g/mol. The molecule has 4 aromatic rings. The van der Waals surface area contributed by atoms with Crippen LogP contribution in [0.25, 0.3) is 0 Å². The number of methoxy groups -OCH3 is 1. The molecule has 0 radical (unpaired) electrons. The van der Waals surface area contributed by atoms with E-state index >= 15 is 0 Å². The van der Waals surface area contributed by atoms with E-state index in [1.165, 1.54) is 25.3 Å². The average Bonchev–Trinajstić information content (AvgIpc) is 2.96. The van der Waals surface area contributed by atoms with Crippen LogP contribution in [0.15, 0.2) is 103 Å². The van der Waals surface area contributed by atoms with Crippen LogP contribution < -0.4 is 14.8 Å². The van der Waals surface area contributed by atoms with Gasteiger partial charge in [-0.15, -0.1) is 12.4 Å². The zero-order chi connectivity index (χ0) is 28.3. The van der Waals surface area contributed by atoms with Crippen LogP contribution in [0.5, 0.6) is 17.2 Å². The van der Waals surface area contributed by atoms with Crippen LogP contribution in [0.3, 0.4) is 0 Å². The molecule has 212 valence electrons.